The Bertz CT molecular complexity index is 1490. The number of nitrogens with one attached hydrogen (secondary N) is 1. The molecule has 0 fully saturated rings. The standard InChI is InChI=1S/C24H21N5O5S/c1-5-33-23(31)20-13(3)35-24-27-19(14-6-8-15(32-4)9-7-14)17(28(20)24)11-16-21(25)29-18(26-22(16)30)10-12(2)34-29/h6-11,25H,5H2,1-4H3. The molecule has 2 aliphatic rings. The van der Waals surface area contributed by atoms with Crippen molar-refractivity contribution in [3.05, 3.63) is 57.9 Å². The number of hydrogen-bond acceptors (Lipinski definition) is 8. The van der Waals surface area contributed by atoms with Gasteiger partial charge >= 0.3 is 5.97 Å². The van der Waals surface area contributed by atoms with E-state index in [4.69, 9.17) is 24.7 Å². The van der Waals surface area contributed by atoms with E-state index in [-0.39, 0.29) is 23.9 Å². The number of imidazole rings is 1. The highest BCUT2D eigenvalue weighted by Gasteiger charge is 2.35. The number of benzene rings is 1. The summed E-state index contributed by atoms with van der Waals surface area (Å²) in [7, 11) is 1.58. The summed E-state index contributed by atoms with van der Waals surface area (Å²) in [6.45, 7) is 5.47. The van der Waals surface area contributed by atoms with E-state index in [1.54, 1.807) is 43.6 Å². The zero-order chi connectivity index (χ0) is 24.9. The predicted octanol–water partition coefficient (Wildman–Crippen LogP) is 4.01. The monoisotopic (exact) mass is 491 g/mol. The number of esters is 1. The first-order chi connectivity index (χ1) is 16.8. The molecule has 11 heteroatoms. The van der Waals surface area contributed by atoms with Crippen molar-refractivity contribution in [3.63, 3.8) is 0 Å². The Balaban J connectivity index is 1.74. The lowest BCUT2D eigenvalue weighted by atomic mass is 10.1. The Labute approximate surface area is 204 Å². The quantitative estimate of drug-likeness (QED) is 0.423. The molecule has 0 unspecified atom stereocenters. The van der Waals surface area contributed by atoms with Crippen molar-refractivity contribution in [1.82, 2.24) is 14.4 Å². The second-order valence-corrected chi connectivity index (χ2v) is 8.92. The van der Waals surface area contributed by atoms with E-state index in [1.807, 2.05) is 19.1 Å². The van der Waals surface area contributed by atoms with Crippen LogP contribution in [0.2, 0.25) is 0 Å². The summed E-state index contributed by atoms with van der Waals surface area (Å²) in [5.74, 6) is 0.207. The van der Waals surface area contributed by atoms with Gasteiger partial charge in [0.2, 0.25) is 0 Å². The highest BCUT2D eigenvalue weighted by Crippen LogP contribution is 2.34. The van der Waals surface area contributed by atoms with Crippen LogP contribution in [-0.2, 0) is 14.4 Å². The maximum atomic E-state index is 12.9. The fourth-order valence-electron chi connectivity index (χ4n) is 3.91. The summed E-state index contributed by atoms with van der Waals surface area (Å²) in [4.78, 5) is 41.4. The Morgan fingerprint density at radius 2 is 2.00 bits per heavy atom. The van der Waals surface area contributed by atoms with Gasteiger partial charge in [0.1, 0.15) is 17.2 Å². The molecule has 10 nitrogen and oxygen atoms in total. The fraction of sp³-hybridized carbons (Fsp3) is 0.208. The number of ether oxygens (including phenoxy) is 2. The minimum atomic E-state index is -0.587. The lowest BCUT2D eigenvalue weighted by Gasteiger charge is -2.23. The van der Waals surface area contributed by atoms with Crippen molar-refractivity contribution in [2.45, 2.75) is 20.8 Å². The molecule has 1 aromatic carbocycles. The van der Waals surface area contributed by atoms with E-state index in [2.05, 4.69) is 4.99 Å². The van der Waals surface area contributed by atoms with Crippen LogP contribution in [0.4, 0.5) is 0 Å². The summed E-state index contributed by atoms with van der Waals surface area (Å²) in [6.07, 6.45) is 3.11. The van der Waals surface area contributed by atoms with E-state index >= 15 is 0 Å². The van der Waals surface area contributed by atoms with Crippen LogP contribution in [0.15, 0.2) is 46.7 Å². The van der Waals surface area contributed by atoms with Crippen molar-refractivity contribution in [2.75, 3.05) is 13.7 Å². The van der Waals surface area contributed by atoms with Gasteiger partial charge in [0, 0.05) is 16.5 Å². The van der Waals surface area contributed by atoms with Gasteiger partial charge in [-0.05, 0) is 51.1 Å². The molecule has 4 heterocycles. The number of thiazole rings is 1. The molecule has 0 bridgehead atoms. The number of amidine groups is 2. The molecule has 35 heavy (non-hydrogen) atoms. The highest BCUT2D eigenvalue weighted by molar-refractivity contribution is 7.17. The van der Waals surface area contributed by atoms with Crippen LogP contribution in [0.25, 0.3) is 22.3 Å². The number of carbonyl (C=O) groups excluding carboxylic acids is 2. The van der Waals surface area contributed by atoms with E-state index in [0.29, 0.717) is 33.6 Å². The summed E-state index contributed by atoms with van der Waals surface area (Å²) in [6, 6.07) is 7.28. The molecular formula is C24H21N5O5S. The van der Waals surface area contributed by atoms with E-state index < -0.39 is 11.9 Å². The lowest BCUT2D eigenvalue weighted by molar-refractivity contribution is -0.114. The summed E-state index contributed by atoms with van der Waals surface area (Å²) in [5.41, 5.74) is 2.05. The maximum Gasteiger partial charge on any atom is 0.356 e. The number of hydroxylamine groups is 2. The van der Waals surface area contributed by atoms with Gasteiger partial charge < -0.3 is 14.3 Å². The van der Waals surface area contributed by atoms with Crippen LogP contribution in [0.5, 0.6) is 5.75 Å². The average molecular weight is 492 g/mol. The number of aliphatic imine (C=N–C) groups is 1. The van der Waals surface area contributed by atoms with Crippen LogP contribution in [0.1, 0.15) is 34.9 Å². The van der Waals surface area contributed by atoms with Gasteiger partial charge in [-0.1, -0.05) is 0 Å². The van der Waals surface area contributed by atoms with Gasteiger partial charge in [-0.2, -0.15) is 4.99 Å². The Hall–Kier alpha value is -4.25. The number of methoxy groups -OCH3 is 1. The molecule has 2 aromatic heterocycles. The van der Waals surface area contributed by atoms with Gasteiger partial charge in [0.05, 0.1) is 30.7 Å². The van der Waals surface area contributed by atoms with Crippen molar-refractivity contribution >= 4 is 45.9 Å². The first-order valence-electron chi connectivity index (χ1n) is 10.8. The second-order valence-electron chi connectivity index (χ2n) is 7.74. The zero-order valence-corrected chi connectivity index (χ0v) is 20.2. The largest absolute Gasteiger partial charge is 0.497 e. The molecule has 0 spiro atoms. The van der Waals surface area contributed by atoms with Gasteiger partial charge in [-0.25, -0.2) is 9.78 Å². The minimum absolute atomic E-state index is 0.00655. The third kappa shape index (κ3) is 3.69. The molecule has 0 saturated carbocycles. The molecule has 178 valence electrons. The minimum Gasteiger partial charge on any atom is -0.497 e. The number of rotatable bonds is 5. The SMILES string of the molecule is CCOC(=O)c1c(C)sc2nc(-c3ccc(OC)cc3)c(C=C3C(=N)N4OC(C)=CC4=NC3=O)n12. The second kappa shape index (κ2) is 8.51. The van der Waals surface area contributed by atoms with Gasteiger partial charge in [0.25, 0.3) is 5.91 Å². The molecule has 3 aromatic rings. The van der Waals surface area contributed by atoms with Crippen molar-refractivity contribution in [1.29, 1.82) is 5.41 Å². The molecule has 0 saturated heterocycles. The van der Waals surface area contributed by atoms with Crippen molar-refractivity contribution < 1.29 is 23.9 Å². The Morgan fingerprint density at radius 3 is 2.69 bits per heavy atom. The molecule has 0 atom stereocenters. The maximum absolute atomic E-state index is 12.9. The fourth-order valence-corrected chi connectivity index (χ4v) is 4.87. The number of carbonyl (C=O) groups is 2. The van der Waals surface area contributed by atoms with Crippen LogP contribution < -0.4 is 4.74 Å². The summed E-state index contributed by atoms with van der Waals surface area (Å²) in [5, 5.41) is 9.80. The Kier molecular flexibility index (Phi) is 5.48. The summed E-state index contributed by atoms with van der Waals surface area (Å²) >= 11 is 1.34. The number of aryl methyl sites for hydroxylation is 1. The van der Waals surface area contributed by atoms with Gasteiger partial charge in [-0.15, -0.1) is 16.4 Å². The number of amides is 1. The molecule has 1 amide bonds. The predicted molar refractivity (Wildman–Crippen MR) is 131 cm³/mol. The third-order valence-electron chi connectivity index (χ3n) is 5.48. The number of fused-ring (bicyclic) bond motifs is 2. The topological polar surface area (TPSA) is 119 Å². The molecule has 5 rings (SSSR count). The molecule has 2 aliphatic heterocycles. The average Bonchev–Trinajstić information content (AvgIpc) is 3.47. The highest BCUT2D eigenvalue weighted by atomic mass is 32.1. The first kappa shape index (κ1) is 22.5. The van der Waals surface area contributed by atoms with Crippen LogP contribution in [-0.4, -0.2) is 51.7 Å². The normalized spacial score (nSPS) is 16.3. The smallest absolute Gasteiger partial charge is 0.356 e. The van der Waals surface area contributed by atoms with Crippen LogP contribution >= 0.6 is 11.3 Å². The van der Waals surface area contributed by atoms with Crippen molar-refractivity contribution in [2.24, 2.45) is 4.99 Å². The number of aromatic nitrogens is 2. The van der Waals surface area contributed by atoms with Crippen LogP contribution in [0.3, 0.4) is 0 Å². The summed E-state index contributed by atoms with van der Waals surface area (Å²) < 4.78 is 12.2. The third-order valence-corrected chi connectivity index (χ3v) is 6.43. The zero-order valence-electron chi connectivity index (χ0n) is 19.4. The van der Waals surface area contributed by atoms with Crippen LogP contribution in [0, 0.1) is 12.3 Å². The Morgan fingerprint density at radius 1 is 1.26 bits per heavy atom. The first-order valence-corrected chi connectivity index (χ1v) is 11.6. The lowest BCUT2D eigenvalue weighted by Crippen LogP contribution is -2.38. The molecule has 1 N–H and O–H groups in total. The molecule has 0 radical (unpaired) electrons. The number of nitrogens with zero attached hydrogens (tertiary/aromatic N) is 4. The van der Waals surface area contributed by atoms with E-state index in [9.17, 15) is 9.59 Å². The number of allylic oxidation sites excluding steroid dienone is 1. The van der Waals surface area contributed by atoms with E-state index in [0.717, 1.165) is 10.4 Å². The van der Waals surface area contributed by atoms with Gasteiger partial charge in [-0.3, -0.25) is 14.6 Å². The van der Waals surface area contributed by atoms with Gasteiger partial charge in [0.15, 0.2) is 16.6 Å². The number of hydrogen-bond donors (Lipinski definition) is 1. The van der Waals surface area contributed by atoms with E-state index in [1.165, 1.54) is 22.5 Å². The van der Waals surface area contributed by atoms with Crippen molar-refractivity contribution in [3.8, 4) is 17.0 Å². The molecular weight excluding hydrogens is 470 g/mol. The molecule has 0 aliphatic carbocycles.